The molecule has 2 aromatic heterocycles. The van der Waals surface area contributed by atoms with Gasteiger partial charge in [-0.3, -0.25) is 8.98 Å². The Morgan fingerprint density at radius 1 is 1.26 bits per heavy atom. The van der Waals surface area contributed by atoms with E-state index in [0.29, 0.717) is 22.3 Å². The Labute approximate surface area is 229 Å². The molecule has 1 aliphatic carbocycles. The minimum atomic E-state index is -3.96. The van der Waals surface area contributed by atoms with Crippen molar-refractivity contribution >= 4 is 44.8 Å². The zero-order valence-electron chi connectivity index (χ0n) is 20.7. The number of halogens is 1. The molecule has 1 saturated carbocycles. The minimum absolute atomic E-state index is 0.211. The number of aryl methyl sites for hydroxylation is 1. The van der Waals surface area contributed by atoms with Crippen LogP contribution in [-0.2, 0) is 25.6 Å². The number of aliphatic hydroxyl groups excluding tert-OH is 1. The molecule has 5 rings (SSSR count). The number of fused-ring (bicyclic) bond motifs is 1. The molecule has 202 valence electrons. The van der Waals surface area contributed by atoms with Gasteiger partial charge in [0.25, 0.3) is 0 Å². The molecule has 0 amide bonds. The highest BCUT2D eigenvalue weighted by Crippen LogP contribution is 2.39. The number of hydrogen-bond acceptors (Lipinski definition) is 10. The Kier molecular flexibility index (Phi) is 7.83. The van der Waals surface area contributed by atoms with Gasteiger partial charge < -0.3 is 15.2 Å². The number of anilines is 1. The fraction of sp³-hybridized carbons (Fsp3) is 0.400. The molecule has 0 bridgehead atoms. The average molecular weight is 579 g/mol. The molecule has 13 heteroatoms. The molecule has 10 nitrogen and oxygen atoms in total. The van der Waals surface area contributed by atoms with Crippen LogP contribution in [-0.4, -0.2) is 61.2 Å². The molecule has 1 fully saturated rings. The van der Waals surface area contributed by atoms with Gasteiger partial charge in [0.05, 0.1) is 23.2 Å². The normalized spacial score (nSPS) is 23.3. The number of carbonyl (C=O) groups is 1. The summed E-state index contributed by atoms with van der Waals surface area (Å²) in [5, 5.41) is 14.1. The topological polar surface area (TPSA) is 140 Å². The number of ether oxygens (including phenoxy) is 1. The Hall–Kier alpha value is -2.45. The van der Waals surface area contributed by atoms with Gasteiger partial charge in [-0.25, -0.2) is 9.97 Å². The molecule has 2 aliphatic rings. The summed E-state index contributed by atoms with van der Waals surface area (Å²) in [5.74, 6) is 0.0525. The van der Waals surface area contributed by atoms with Crippen molar-refractivity contribution in [2.45, 2.75) is 50.5 Å². The second-order valence-corrected chi connectivity index (χ2v) is 12.5. The van der Waals surface area contributed by atoms with Crippen LogP contribution in [0.2, 0.25) is 5.02 Å². The zero-order valence-corrected chi connectivity index (χ0v) is 23.1. The highest BCUT2D eigenvalue weighted by Gasteiger charge is 2.37. The van der Waals surface area contributed by atoms with E-state index in [9.17, 15) is 18.3 Å². The summed E-state index contributed by atoms with van der Waals surface area (Å²) in [6, 6.07) is 7.30. The fourth-order valence-electron chi connectivity index (χ4n) is 4.89. The van der Waals surface area contributed by atoms with Crippen molar-refractivity contribution in [1.29, 1.82) is 0 Å². The Bertz CT molecular complexity index is 1460. The number of aliphatic hydroxyl groups is 1. The lowest BCUT2D eigenvalue weighted by atomic mass is 9.93. The number of hydrogen-bond donors (Lipinski definition) is 3. The lowest BCUT2D eigenvalue weighted by Gasteiger charge is -2.26. The minimum Gasteiger partial charge on any atom is -0.390 e. The summed E-state index contributed by atoms with van der Waals surface area (Å²) in [7, 11) is -2.72. The fourth-order valence-corrected chi connectivity index (χ4v) is 6.70. The van der Waals surface area contributed by atoms with Crippen LogP contribution in [0.15, 0.2) is 36.8 Å². The number of aromatic nitrogens is 2. The second kappa shape index (κ2) is 11.0. The van der Waals surface area contributed by atoms with Crippen LogP contribution in [0.4, 0.5) is 5.82 Å². The molecule has 1 aliphatic heterocycles. The number of carbonyl (C=O) groups excluding carboxylic acids is 1. The summed E-state index contributed by atoms with van der Waals surface area (Å²) in [5.41, 5.74) is 3.37. The lowest BCUT2D eigenvalue weighted by molar-refractivity contribution is 0.0636. The van der Waals surface area contributed by atoms with Crippen molar-refractivity contribution in [3.63, 3.8) is 0 Å². The van der Waals surface area contributed by atoms with Crippen LogP contribution in [0.5, 0.6) is 0 Å². The van der Waals surface area contributed by atoms with Crippen molar-refractivity contribution in [3.05, 3.63) is 73.8 Å². The van der Waals surface area contributed by atoms with E-state index in [0.717, 1.165) is 22.4 Å². The lowest BCUT2D eigenvalue weighted by Crippen LogP contribution is -2.31. The van der Waals surface area contributed by atoms with Crippen molar-refractivity contribution < 1.29 is 27.2 Å². The SMILES string of the molecule is CNS(=O)(=O)O[C@@H]1C[C@H](Nc2ncncc2C(=O)c2cc([C@@H]3OCCc4ccc(Cl)cc43)c(C)s2)C[C@@H]1O. The highest BCUT2D eigenvalue weighted by atomic mass is 35.5. The van der Waals surface area contributed by atoms with Crippen LogP contribution in [0.1, 0.15) is 55.7 Å². The third-order valence-corrected chi connectivity index (χ3v) is 9.08. The first kappa shape index (κ1) is 27.1. The predicted molar refractivity (Wildman–Crippen MR) is 143 cm³/mol. The summed E-state index contributed by atoms with van der Waals surface area (Å²) in [6.07, 6.45) is 1.79. The van der Waals surface area contributed by atoms with Crippen molar-refractivity contribution in [2.24, 2.45) is 0 Å². The zero-order chi connectivity index (χ0) is 27.0. The highest BCUT2D eigenvalue weighted by molar-refractivity contribution is 7.84. The van der Waals surface area contributed by atoms with Gasteiger partial charge in [0.2, 0.25) is 5.78 Å². The number of rotatable bonds is 8. The van der Waals surface area contributed by atoms with Gasteiger partial charge in [-0.1, -0.05) is 17.7 Å². The van der Waals surface area contributed by atoms with E-state index in [1.165, 1.54) is 36.5 Å². The molecule has 3 heterocycles. The molecule has 3 aromatic rings. The number of nitrogens with one attached hydrogen (secondary N) is 2. The number of benzene rings is 1. The largest absolute Gasteiger partial charge is 0.390 e. The summed E-state index contributed by atoms with van der Waals surface area (Å²) in [4.78, 5) is 23.4. The molecule has 0 radical (unpaired) electrons. The van der Waals surface area contributed by atoms with Gasteiger partial charge in [0, 0.05) is 29.2 Å². The van der Waals surface area contributed by atoms with Gasteiger partial charge in [-0.2, -0.15) is 13.1 Å². The number of thiophene rings is 1. The van der Waals surface area contributed by atoms with Crippen LogP contribution in [0.3, 0.4) is 0 Å². The Morgan fingerprint density at radius 3 is 2.87 bits per heavy atom. The molecule has 0 saturated heterocycles. The Balaban J connectivity index is 1.37. The average Bonchev–Trinajstić information content (AvgIpc) is 3.44. The van der Waals surface area contributed by atoms with Crippen LogP contribution in [0, 0.1) is 6.92 Å². The second-order valence-electron chi connectivity index (χ2n) is 9.25. The van der Waals surface area contributed by atoms with E-state index in [2.05, 4.69) is 20.0 Å². The molecule has 38 heavy (non-hydrogen) atoms. The maximum Gasteiger partial charge on any atom is 0.335 e. The maximum atomic E-state index is 13.6. The van der Waals surface area contributed by atoms with Gasteiger partial charge >= 0.3 is 10.3 Å². The number of ketones is 1. The summed E-state index contributed by atoms with van der Waals surface area (Å²) in [6.45, 7) is 2.53. The molecule has 3 N–H and O–H groups in total. The van der Waals surface area contributed by atoms with Gasteiger partial charge in [-0.05, 0) is 61.1 Å². The standard InChI is InChI=1S/C25H27ClN4O6S2/c1-13-17(24-18-7-15(26)4-3-14(18)5-6-35-24)10-22(37-13)23(32)19-11-28-12-29-25(19)30-16-8-20(31)21(9-16)36-38(33,34)27-2/h3-4,7,10-12,16,20-21,24,27,31H,5-6,8-9H2,1-2H3,(H,28,29,30)/t16-,20+,21-,24+/m1/s1. The third-order valence-electron chi connectivity index (χ3n) is 6.78. The van der Waals surface area contributed by atoms with Crippen molar-refractivity contribution in [2.75, 3.05) is 19.0 Å². The van der Waals surface area contributed by atoms with E-state index in [1.54, 1.807) is 0 Å². The first-order valence-electron chi connectivity index (χ1n) is 12.1. The monoisotopic (exact) mass is 578 g/mol. The smallest absolute Gasteiger partial charge is 0.335 e. The molecule has 0 spiro atoms. The molecule has 4 atom stereocenters. The van der Waals surface area contributed by atoms with E-state index in [-0.39, 0.29) is 36.3 Å². The van der Waals surface area contributed by atoms with E-state index >= 15 is 0 Å². The van der Waals surface area contributed by atoms with E-state index in [4.69, 9.17) is 20.5 Å². The predicted octanol–water partition coefficient (Wildman–Crippen LogP) is 3.18. The van der Waals surface area contributed by atoms with E-state index < -0.39 is 22.5 Å². The van der Waals surface area contributed by atoms with Crippen molar-refractivity contribution in [1.82, 2.24) is 14.7 Å². The maximum absolute atomic E-state index is 13.6. The quantitative estimate of drug-likeness (QED) is 0.344. The Morgan fingerprint density at radius 2 is 2.08 bits per heavy atom. The molecular formula is C25H27ClN4O6S2. The van der Waals surface area contributed by atoms with Crippen LogP contribution < -0.4 is 10.0 Å². The summed E-state index contributed by atoms with van der Waals surface area (Å²) >= 11 is 7.64. The van der Waals surface area contributed by atoms with E-state index in [1.807, 2.05) is 31.2 Å². The molecule has 1 aromatic carbocycles. The first-order chi connectivity index (χ1) is 18.1. The summed E-state index contributed by atoms with van der Waals surface area (Å²) < 4.78 is 36.7. The molecular weight excluding hydrogens is 552 g/mol. The first-order valence-corrected chi connectivity index (χ1v) is 14.7. The van der Waals surface area contributed by atoms with Gasteiger partial charge in [0.1, 0.15) is 24.4 Å². The third kappa shape index (κ3) is 5.62. The van der Waals surface area contributed by atoms with Gasteiger partial charge in [-0.15, -0.1) is 11.3 Å². The van der Waals surface area contributed by atoms with Crippen molar-refractivity contribution in [3.8, 4) is 0 Å². The number of nitrogens with zero attached hydrogens (tertiary/aromatic N) is 2. The van der Waals surface area contributed by atoms with Gasteiger partial charge in [0.15, 0.2) is 0 Å². The van der Waals surface area contributed by atoms with Crippen LogP contribution in [0.25, 0.3) is 0 Å². The molecule has 0 unspecified atom stereocenters. The van der Waals surface area contributed by atoms with Crippen LogP contribution >= 0.6 is 22.9 Å².